The number of carbonyl (C=O) groups is 3. The van der Waals surface area contributed by atoms with Gasteiger partial charge in [0.05, 0.1) is 6.61 Å². The average molecular weight is 358 g/mol. The molecule has 1 unspecified atom stereocenters. The van der Waals surface area contributed by atoms with Gasteiger partial charge in [0.15, 0.2) is 5.78 Å². The van der Waals surface area contributed by atoms with E-state index in [1.54, 1.807) is 0 Å². The third kappa shape index (κ3) is 9.70. The van der Waals surface area contributed by atoms with Gasteiger partial charge in [-0.05, 0) is 12.8 Å². The van der Waals surface area contributed by atoms with Crippen LogP contribution in [0, 0.1) is 0 Å². The fraction of sp³-hybridized carbons (Fsp3) is 0.842. The van der Waals surface area contributed by atoms with E-state index in [9.17, 15) is 24.6 Å². The SMILES string of the molecule is CCCCCCCC(=O)OC(=O)C(O)(CO)C(=O)CCCCCCC. The van der Waals surface area contributed by atoms with Crippen LogP contribution in [-0.4, -0.2) is 40.1 Å². The minimum Gasteiger partial charge on any atom is -0.392 e. The Hall–Kier alpha value is -1.27. The smallest absolute Gasteiger partial charge is 0.356 e. The Kier molecular flexibility index (Phi) is 13.2. The lowest BCUT2D eigenvalue weighted by atomic mass is 9.94. The molecular weight excluding hydrogens is 324 g/mol. The molecule has 0 aromatic rings. The van der Waals surface area contributed by atoms with Crippen LogP contribution >= 0.6 is 0 Å². The summed E-state index contributed by atoms with van der Waals surface area (Å²) < 4.78 is 4.57. The molecule has 2 N–H and O–H groups in total. The Bertz CT molecular complexity index is 407. The molecule has 0 saturated heterocycles. The van der Waals surface area contributed by atoms with E-state index < -0.39 is 29.9 Å². The maximum Gasteiger partial charge on any atom is 0.356 e. The third-order valence-electron chi connectivity index (χ3n) is 4.23. The van der Waals surface area contributed by atoms with Crippen LogP contribution in [-0.2, 0) is 19.1 Å². The van der Waals surface area contributed by atoms with Crippen LogP contribution in [0.2, 0.25) is 0 Å². The lowest BCUT2D eigenvalue weighted by Gasteiger charge is -2.21. The van der Waals surface area contributed by atoms with Crippen LogP contribution < -0.4 is 0 Å². The zero-order chi connectivity index (χ0) is 19.1. The Morgan fingerprint density at radius 3 is 1.76 bits per heavy atom. The normalized spacial score (nSPS) is 13.3. The number of Topliss-reactive ketones (excluding diaryl/α,β-unsaturated/α-hetero) is 1. The minimum absolute atomic E-state index is 0.0267. The second-order valence-corrected chi connectivity index (χ2v) is 6.53. The van der Waals surface area contributed by atoms with Gasteiger partial charge in [-0.3, -0.25) is 9.59 Å². The fourth-order valence-electron chi connectivity index (χ4n) is 2.47. The standard InChI is InChI=1S/C19H34O6/c1-3-5-7-9-11-13-16(21)19(24,15-20)18(23)25-17(22)14-12-10-8-6-4-2/h20,24H,3-15H2,1-2H3. The first-order chi connectivity index (χ1) is 11.9. The Labute approximate surface area is 150 Å². The molecule has 0 spiro atoms. The summed E-state index contributed by atoms with van der Waals surface area (Å²) in [5, 5.41) is 19.4. The maximum atomic E-state index is 12.1. The van der Waals surface area contributed by atoms with Crippen LogP contribution in [0.15, 0.2) is 0 Å². The number of esters is 2. The van der Waals surface area contributed by atoms with E-state index in [2.05, 4.69) is 18.6 Å². The van der Waals surface area contributed by atoms with Crippen molar-refractivity contribution in [2.45, 2.75) is 96.5 Å². The molecule has 0 heterocycles. The molecule has 0 radical (unpaired) electrons. The summed E-state index contributed by atoms with van der Waals surface area (Å²) in [5.41, 5.74) is -2.64. The van der Waals surface area contributed by atoms with Crippen LogP contribution in [0.25, 0.3) is 0 Å². The largest absolute Gasteiger partial charge is 0.392 e. The van der Waals surface area contributed by atoms with E-state index >= 15 is 0 Å². The quantitative estimate of drug-likeness (QED) is 0.265. The molecule has 0 aromatic heterocycles. The summed E-state index contributed by atoms with van der Waals surface area (Å²) in [7, 11) is 0. The maximum absolute atomic E-state index is 12.1. The van der Waals surface area contributed by atoms with Gasteiger partial charge in [-0.15, -0.1) is 0 Å². The number of ether oxygens (including phenoxy) is 1. The zero-order valence-corrected chi connectivity index (χ0v) is 15.7. The lowest BCUT2D eigenvalue weighted by Crippen LogP contribution is -2.51. The van der Waals surface area contributed by atoms with Crippen molar-refractivity contribution in [3.8, 4) is 0 Å². The highest BCUT2D eigenvalue weighted by Gasteiger charge is 2.45. The van der Waals surface area contributed by atoms with E-state index in [0.29, 0.717) is 12.8 Å². The van der Waals surface area contributed by atoms with Crippen LogP contribution in [0.5, 0.6) is 0 Å². The average Bonchev–Trinajstić information content (AvgIpc) is 2.60. The summed E-state index contributed by atoms with van der Waals surface area (Å²) in [5.74, 6) is -2.94. The van der Waals surface area contributed by atoms with Crippen molar-refractivity contribution < 1.29 is 29.3 Å². The molecule has 0 saturated carbocycles. The number of carbonyl (C=O) groups excluding carboxylic acids is 3. The van der Waals surface area contributed by atoms with Gasteiger partial charge in [-0.2, -0.15) is 0 Å². The number of hydrogen-bond acceptors (Lipinski definition) is 6. The topological polar surface area (TPSA) is 101 Å². The van der Waals surface area contributed by atoms with Gasteiger partial charge in [-0.1, -0.05) is 65.2 Å². The molecule has 0 amide bonds. The monoisotopic (exact) mass is 358 g/mol. The van der Waals surface area contributed by atoms with Crippen LogP contribution in [0.4, 0.5) is 0 Å². The first-order valence-corrected chi connectivity index (χ1v) is 9.54. The van der Waals surface area contributed by atoms with Crippen molar-refractivity contribution in [1.82, 2.24) is 0 Å². The number of aliphatic hydroxyl groups excluding tert-OH is 1. The molecule has 0 aromatic carbocycles. The molecule has 146 valence electrons. The fourth-order valence-corrected chi connectivity index (χ4v) is 2.47. The number of hydrogen-bond donors (Lipinski definition) is 2. The third-order valence-corrected chi connectivity index (χ3v) is 4.23. The highest BCUT2D eigenvalue weighted by molar-refractivity contribution is 6.09. The predicted molar refractivity (Wildman–Crippen MR) is 94.9 cm³/mol. The van der Waals surface area contributed by atoms with E-state index in [1.807, 2.05) is 0 Å². The summed E-state index contributed by atoms with van der Waals surface area (Å²) in [6, 6.07) is 0. The summed E-state index contributed by atoms with van der Waals surface area (Å²) in [6.07, 6.45) is 9.12. The Balaban J connectivity index is 4.31. The van der Waals surface area contributed by atoms with Gasteiger partial charge in [0.2, 0.25) is 5.60 Å². The molecule has 1 atom stereocenters. The van der Waals surface area contributed by atoms with E-state index in [0.717, 1.165) is 51.4 Å². The van der Waals surface area contributed by atoms with Gasteiger partial charge in [0.1, 0.15) is 0 Å². The number of aliphatic hydroxyl groups is 2. The molecule has 6 heteroatoms. The van der Waals surface area contributed by atoms with Crippen molar-refractivity contribution in [2.24, 2.45) is 0 Å². The molecule has 0 bridgehead atoms. The van der Waals surface area contributed by atoms with Gasteiger partial charge in [-0.25, -0.2) is 4.79 Å². The zero-order valence-electron chi connectivity index (χ0n) is 15.7. The summed E-state index contributed by atoms with van der Waals surface area (Å²) in [4.78, 5) is 35.7. The first-order valence-electron chi connectivity index (χ1n) is 9.54. The Morgan fingerprint density at radius 1 is 0.800 bits per heavy atom. The van der Waals surface area contributed by atoms with Gasteiger partial charge in [0.25, 0.3) is 0 Å². The predicted octanol–water partition coefficient (Wildman–Crippen LogP) is 3.07. The second-order valence-electron chi connectivity index (χ2n) is 6.53. The van der Waals surface area contributed by atoms with E-state index in [4.69, 9.17) is 0 Å². The van der Waals surface area contributed by atoms with Crippen molar-refractivity contribution >= 4 is 17.7 Å². The number of rotatable bonds is 15. The molecule has 0 aliphatic heterocycles. The second kappa shape index (κ2) is 14.0. The van der Waals surface area contributed by atoms with Crippen molar-refractivity contribution in [3.05, 3.63) is 0 Å². The van der Waals surface area contributed by atoms with Gasteiger partial charge < -0.3 is 14.9 Å². The molecule has 25 heavy (non-hydrogen) atoms. The number of ketones is 1. The Morgan fingerprint density at radius 2 is 1.28 bits per heavy atom. The molecule has 0 aliphatic rings. The van der Waals surface area contributed by atoms with E-state index in [1.165, 1.54) is 0 Å². The van der Waals surface area contributed by atoms with E-state index in [-0.39, 0.29) is 12.8 Å². The molecule has 6 nitrogen and oxygen atoms in total. The van der Waals surface area contributed by atoms with Crippen molar-refractivity contribution in [2.75, 3.05) is 6.61 Å². The van der Waals surface area contributed by atoms with Crippen LogP contribution in [0.1, 0.15) is 90.9 Å². The van der Waals surface area contributed by atoms with Crippen molar-refractivity contribution in [1.29, 1.82) is 0 Å². The minimum atomic E-state index is -2.64. The lowest BCUT2D eigenvalue weighted by molar-refractivity contribution is -0.179. The molecule has 0 fully saturated rings. The highest BCUT2D eigenvalue weighted by atomic mass is 16.6. The summed E-state index contributed by atoms with van der Waals surface area (Å²) >= 11 is 0. The van der Waals surface area contributed by atoms with Gasteiger partial charge >= 0.3 is 11.9 Å². The summed E-state index contributed by atoms with van der Waals surface area (Å²) in [6.45, 7) is 3.08. The van der Waals surface area contributed by atoms with Crippen LogP contribution in [0.3, 0.4) is 0 Å². The molecule has 0 aliphatic carbocycles. The molecular formula is C19H34O6. The van der Waals surface area contributed by atoms with Gasteiger partial charge in [0, 0.05) is 12.8 Å². The highest BCUT2D eigenvalue weighted by Crippen LogP contribution is 2.16. The van der Waals surface area contributed by atoms with Crippen molar-refractivity contribution in [3.63, 3.8) is 0 Å². The first kappa shape index (κ1) is 23.7. The number of unbranched alkanes of at least 4 members (excludes halogenated alkanes) is 8. The molecule has 0 rings (SSSR count).